The zero-order chi connectivity index (χ0) is 24.9. The van der Waals surface area contributed by atoms with Crippen LogP contribution in [0.15, 0.2) is 85.2 Å². The standard InChI is InChI=1S/C30H31N5O/c1-21-8-9-25(18-33-21)26-14-22(19-35-13-11-27(20-35)31-2)15-28(16-26)34-30(36)29-17-24(10-12-32-29)23-6-4-3-5-7-23/h3-10,12,14-18,27,31H,11,13,19-20H2,1-2H3,(H,34,36)/t27-/m0/s1. The quantitative estimate of drug-likeness (QED) is 0.385. The van der Waals surface area contributed by atoms with Gasteiger partial charge in [-0.05, 0) is 79.0 Å². The van der Waals surface area contributed by atoms with Crippen molar-refractivity contribution < 1.29 is 4.79 Å². The maximum atomic E-state index is 13.2. The Morgan fingerprint density at radius 3 is 2.56 bits per heavy atom. The molecule has 0 saturated carbocycles. The predicted molar refractivity (Wildman–Crippen MR) is 145 cm³/mol. The lowest BCUT2D eigenvalue weighted by Gasteiger charge is -2.18. The molecule has 2 aromatic carbocycles. The lowest BCUT2D eigenvalue weighted by Crippen LogP contribution is -2.29. The van der Waals surface area contributed by atoms with E-state index in [0.717, 1.165) is 65.3 Å². The van der Waals surface area contributed by atoms with Gasteiger partial charge in [0, 0.05) is 55.0 Å². The number of anilines is 1. The Kier molecular flexibility index (Phi) is 7.16. The summed E-state index contributed by atoms with van der Waals surface area (Å²) in [6, 6.07) is 24.6. The van der Waals surface area contributed by atoms with E-state index in [1.54, 1.807) is 6.20 Å². The van der Waals surface area contributed by atoms with E-state index in [1.165, 1.54) is 0 Å². The fourth-order valence-electron chi connectivity index (χ4n) is 4.69. The first-order chi connectivity index (χ1) is 17.6. The number of aryl methyl sites for hydroxylation is 1. The van der Waals surface area contributed by atoms with Crippen LogP contribution in [-0.4, -0.2) is 47.0 Å². The van der Waals surface area contributed by atoms with Crippen LogP contribution in [0.3, 0.4) is 0 Å². The van der Waals surface area contributed by atoms with Gasteiger partial charge in [0.25, 0.3) is 5.91 Å². The smallest absolute Gasteiger partial charge is 0.274 e. The van der Waals surface area contributed by atoms with Crippen LogP contribution in [0.4, 0.5) is 5.69 Å². The first-order valence-electron chi connectivity index (χ1n) is 12.4. The van der Waals surface area contributed by atoms with Gasteiger partial charge in [0.2, 0.25) is 0 Å². The molecule has 5 rings (SSSR count). The number of likely N-dealkylation sites (N-methyl/N-ethyl adjacent to an activating group) is 1. The first-order valence-corrected chi connectivity index (χ1v) is 12.4. The number of likely N-dealkylation sites (tertiary alicyclic amines) is 1. The molecule has 2 aromatic heterocycles. The Labute approximate surface area is 212 Å². The Hall–Kier alpha value is -3.87. The predicted octanol–water partition coefficient (Wildman–Crippen LogP) is 5.17. The Bertz CT molecular complexity index is 1340. The second-order valence-electron chi connectivity index (χ2n) is 9.37. The van der Waals surface area contributed by atoms with Gasteiger partial charge in [0.05, 0.1) is 0 Å². The van der Waals surface area contributed by atoms with Gasteiger partial charge in [-0.1, -0.05) is 36.4 Å². The van der Waals surface area contributed by atoms with Gasteiger partial charge in [-0.3, -0.25) is 19.7 Å². The molecule has 6 nitrogen and oxygen atoms in total. The molecule has 1 saturated heterocycles. The normalized spacial score (nSPS) is 15.7. The van der Waals surface area contributed by atoms with Crippen molar-refractivity contribution in [3.63, 3.8) is 0 Å². The van der Waals surface area contributed by atoms with Gasteiger partial charge in [0.1, 0.15) is 5.69 Å². The highest BCUT2D eigenvalue weighted by molar-refractivity contribution is 6.03. The average molecular weight is 478 g/mol. The summed E-state index contributed by atoms with van der Waals surface area (Å²) >= 11 is 0. The Balaban J connectivity index is 1.42. The Morgan fingerprint density at radius 1 is 0.944 bits per heavy atom. The van der Waals surface area contributed by atoms with Crippen molar-refractivity contribution in [2.75, 3.05) is 25.5 Å². The number of benzene rings is 2. The third-order valence-electron chi connectivity index (χ3n) is 6.68. The minimum atomic E-state index is -0.227. The fraction of sp³-hybridized carbons (Fsp3) is 0.233. The molecule has 0 spiro atoms. The van der Waals surface area contributed by atoms with E-state index in [4.69, 9.17) is 0 Å². The van der Waals surface area contributed by atoms with Crippen molar-refractivity contribution in [3.8, 4) is 22.3 Å². The summed E-state index contributed by atoms with van der Waals surface area (Å²) < 4.78 is 0. The Morgan fingerprint density at radius 2 is 1.81 bits per heavy atom. The van der Waals surface area contributed by atoms with Crippen molar-refractivity contribution >= 4 is 11.6 Å². The van der Waals surface area contributed by atoms with Gasteiger partial charge >= 0.3 is 0 Å². The van der Waals surface area contributed by atoms with Crippen LogP contribution < -0.4 is 10.6 Å². The molecule has 0 bridgehead atoms. The fourth-order valence-corrected chi connectivity index (χ4v) is 4.69. The summed E-state index contributed by atoms with van der Waals surface area (Å²) in [7, 11) is 2.02. The molecule has 1 amide bonds. The van der Waals surface area contributed by atoms with Crippen LogP contribution >= 0.6 is 0 Å². The van der Waals surface area contributed by atoms with Gasteiger partial charge in [-0.2, -0.15) is 0 Å². The topological polar surface area (TPSA) is 70.2 Å². The molecule has 0 aliphatic carbocycles. The number of hydrogen-bond donors (Lipinski definition) is 2. The summed E-state index contributed by atoms with van der Waals surface area (Å²) in [6.45, 7) is 4.88. The molecule has 182 valence electrons. The average Bonchev–Trinajstić information content (AvgIpc) is 3.37. The lowest BCUT2D eigenvalue weighted by atomic mass is 10.0. The summed E-state index contributed by atoms with van der Waals surface area (Å²) in [5, 5.41) is 6.47. The van der Waals surface area contributed by atoms with Crippen LogP contribution in [0, 0.1) is 6.92 Å². The van der Waals surface area contributed by atoms with Crippen molar-refractivity contribution in [2.45, 2.75) is 25.9 Å². The summed E-state index contributed by atoms with van der Waals surface area (Å²) in [5.41, 5.74) is 7.34. The summed E-state index contributed by atoms with van der Waals surface area (Å²) in [4.78, 5) is 24.5. The van der Waals surface area contributed by atoms with Crippen molar-refractivity contribution in [1.82, 2.24) is 20.2 Å². The SMILES string of the molecule is CN[C@H]1CCN(Cc2cc(NC(=O)c3cc(-c4ccccc4)ccn3)cc(-c3ccc(C)nc3)c2)C1. The molecule has 1 atom stereocenters. The van der Waals surface area contributed by atoms with E-state index in [1.807, 2.05) is 74.8 Å². The van der Waals surface area contributed by atoms with E-state index in [-0.39, 0.29) is 5.91 Å². The number of hydrogen-bond acceptors (Lipinski definition) is 5. The largest absolute Gasteiger partial charge is 0.321 e. The van der Waals surface area contributed by atoms with E-state index < -0.39 is 0 Å². The molecule has 1 fully saturated rings. The zero-order valence-corrected chi connectivity index (χ0v) is 20.7. The lowest BCUT2D eigenvalue weighted by molar-refractivity contribution is 0.102. The monoisotopic (exact) mass is 477 g/mol. The minimum Gasteiger partial charge on any atom is -0.321 e. The number of pyridine rings is 2. The maximum Gasteiger partial charge on any atom is 0.274 e. The van der Waals surface area contributed by atoms with E-state index >= 15 is 0 Å². The third-order valence-corrected chi connectivity index (χ3v) is 6.68. The second kappa shape index (κ2) is 10.8. The molecular formula is C30H31N5O. The van der Waals surface area contributed by atoms with Crippen molar-refractivity contribution in [1.29, 1.82) is 0 Å². The van der Waals surface area contributed by atoms with E-state index in [0.29, 0.717) is 11.7 Å². The number of nitrogens with one attached hydrogen (secondary N) is 2. The number of amides is 1. The van der Waals surface area contributed by atoms with E-state index in [2.05, 4.69) is 43.7 Å². The maximum absolute atomic E-state index is 13.2. The highest BCUT2D eigenvalue weighted by Gasteiger charge is 2.21. The molecule has 1 aliphatic rings. The third kappa shape index (κ3) is 5.67. The molecule has 6 heteroatoms. The number of carbonyl (C=O) groups is 1. The molecule has 2 N–H and O–H groups in total. The van der Waals surface area contributed by atoms with Crippen molar-refractivity contribution in [2.24, 2.45) is 0 Å². The van der Waals surface area contributed by atoms with Crippen molar-refractivity contribution in [3.05, 3.63) is 102 Å². The number of aromatic nitrogens is 2. The highest BCUT2D eigenvalue weighted by Crippen LogP contribution is 2.27. The van der Waals surface area contributed by atoms with Crippen LogP contribution in [0.5, 0.6) is 0 Å². The highest BCUT2D eigenvalue weighted by atomic mass is 16.1. The molecular weight excluding hydrogens is 446 g/mol. The zero-order valence-electron chi connectivity index (χ0n) is 20.7. The molecule has 0 unspecified atom stereocenters. The molecule has 4 aromatic rings. The second-order valence-corrected chi connectivity index (χ2v) is 9.37. The van der Waals surface area contributed by atoms with Crippen LogP contribution in [0.1, 0.15) is 28.2 Å². The van der Waals surface area contributed by atoms with Crippen LogP contribution in [-0.2, 0) is 6.54 Å². The van der Waals surface area contributed by atoms with Crippen LogP contribution in [0.25, 0.3) is 22.3 Å². The minimum absolute atomic E-state index is 0.227. The number of rotatable bonds is 7. The van der Waals surface area contributed by atoms with Gasteiger partial charge in [-0.15, -0.1) is 0 Å². The number of carbonyl (C=O) groups excluding carboxylic acids is 1. The van der Waals surface area contributed by atoms with Gasteiger partial charge in [-0.25, -0.2) is 0 Å². The summed E-state index contributed by atoms with van der Waals surface area (Å²) in [6.07, 6.45) is 4.71. The van der Waals surface area contributed by atoms with Gasteiger partial charge in [0.15, 0.2) is 0 Å². The molecule has 36 heavy (non-hydrogen) atoms. The van der Waals surface area contributed by atoms with Crippen LogP contribution in [0.2, 0.25) is 0 Å². The number of nitrogens with zero attached hydrogens (tertiary/aromatic N) is 3. The molecule has 1 aliphatic heterocycles. The van der Waals surface area contributed by atoms with Gasteiger partial charge < -0.3 is 10.6 Å². The van der Waals surface area contributed by atoms with E-state index in [9.17, 15) is 4.79 Å². The first kappa shape index (κ1) is 23.9. The summed E-state index contributed by atoms with van der Waals surface area (Å²) in [5.74, 6) is -0.227. The molecule has 0 radical (unpaired) electrons. The molecule has 3 heterocycles.